The first-order chi connectivity index (χ1) is 13.0. The van der Waals surface area contributed by atoms with Gasteiger partial charge in [0.05, 0.1) is 21.9 Å². The van der Waals surface area contributed by atoms with Gasteiger partial charge in [-0.2, -0.15) is 0 Å². The van der Waals surface area contributed by atoms with Crippen LogP contribution >= 0.6 is 11.3 Å². The number of hydrogen-bond donors (Lipinski definition) is 0. The highest BCUT2D eigenvalue weighted by Crippen LogP contribution is 2.26. The number of aromatic nitrogens is 1. The molecule has 27 heavy (non-hydrogen) atoms. The van der Waals surface area contributed by atoms with Crippen molar-refractivity contribution in [2.75, 3.05) is 16.6 Å². The number of anilines is 1. The lowest BCUT2D eigenvalue weighted by molar-refractivity contribution is 0.0464. The van der Waals surface area contributed by atoms with Crippen LogP contribution < -0.4 is 4.31 Å². The summed E-state index contributed by atoms with van der Waals surface area (Å²) in [5.74, 6) is 0.201. The summed E-state index contributed by atoms with van der Waals surface area (Å²) < 4.78 is 36.0. The second kappa shape index (κ2) is 7.16. The Morgan fingerprint density at radius 3 is 2.89 bits per heavy atom. The molecule has 1 aromatic carbocycles. The predicted octanol–water partition coefficient (Wildman–Crippen LogP) is 3.30. The molecule has 3 aromatic rings. The van der Waals surface area contributed by atoms with Crippen LogP contribution in [0.1, 0.15) is 22.5 Å². The maximum atomic E-state index is 12.3. The fraction of sp³-hybridized carbons (Fsp3) is 0.222. The number of carbonyl (C=O) groups is 1. The number of rotatable bonds is 5. The number of benzene rings is 1. The largest absolute Gasteiger partial charge is 0.455 e. The zero-order valence-electron chi connectivity index (χ0n) is 14.2. The second-order valence-corrected chi connectivity index (χ2v) is 8.99. The van der Waals surface area contributed by atoms with Crippen molar-refractivity contribution in [3.63, 3.8) is 0 Å². The Labute approximate surface area is 160 Å². The molecule has 0 aliphatic carbocycles. The molecule has 0 atom stereocenters. The molecule has 1 saturated heterocycles. The van der Waals surface area contributed by atoms with Gasteiger partial charge in [-0.25, -0.2) is 13.2 Å². The van der Waals surface area contributed by atoms with Crippen LogP contribution in [0.3, 0.4) is 0 Å². The van der Waals surface area contributed by atoms with Crippen molar-refractivity contribution >= 4 is 33.0 Å². The van der Waals surface area contributed by atoms with Gasteiger partial charge in [-0.15, -0.1) is 11.3 Å². The molecule has 0 amide bonds. The van der Waals surface area contributed by atoms with Gasteiger partial charge in [0.25, 0.3) is 0 Å². The number of hydrogen-bond acceptors (Lipinski definition) is 7. The molecule has 9 heteroatoms. The van der Waals surface area contributed by atoms with E-state index in [9.17, 15) is 13.2 Å². The van der Waals surface area contributed by atoms with Crippen molar-refractivity contribution in [3.05, 3.63) is 59.1 Å². The molecule has 0 bridgehead atoms. The normalized spacial score (nSPS) is 15.8. The van der Waals surface area contributed by atoms with E-state index >= 15 is 0 Å². The van der Waals surface area contributed by atoms with Gasteiger partial charge < -0.3 is 9.26 Å². The fourth-order valence-electron chi connectivity index (χ4n) is 2.86. The third-order valence-corrected chi connectivity index (χ3v) is 6.90. The Morgan fingerprint density at radius 2 is 2.15 bits per heavy atom. The molecule has 3 heterocycles. The van der Waals surface area contributed by atoms with E-state index in [2.05, 4.69) is 5.16 Å². The van der Waals surface area contributed by atoms with E-state index in [-0.39, 0.29) is 17.9 Å². The molecule has 2 aromatic heterocycles. The Balaban J connectivity index is 1.44. The summed E-state index contributed by atoms with van der Waals surface area (Å²) in [6, 6.07) is 12.0. The molecule has 0 spiro atoms. The van der Waals surface area contributed by atoms with Crippen molar-refractivity contribution in [1.82, 2.24) is 5.16 Å². The van der Waals surface area contributed by atoms with Crippen LogP contribution in [-0.2, 0) is 21.4 Å². The molecule has 1 aliphatic rings. The van der Waals surface area contributed by atoms with Crippen LogP contribution in [0.25, 0.3) is 10.6 Å². The van der Waals surface area contributed by atoms with E-state index in [0.29, 0.717) is 30.1 Å². The minimum atomic E-state index is -3.30. The first-order valence-electron chi connectivity index (χ1n) is 8.30. The number of carbonyl (C=O) groups excluding carboxylic acids is 1. The van der Waals surface area contributed by atoms with Gasteiger partial charge in [-0.1, -0.05) is 17.3 Å². The fourth-order valence-corrected chi connectivity index (χ4v) is 5.08. The van der Waals surface area contributed by atoms with Gasteiger partial charge in [0.1, 0.15) is 12.3 Å². The van der Waals surface area contributed by atoms with Gasteiger partial charge in [0, 0.05) is 12.6 Å². The minimum Gasteiger partial charge on any atom is -0.455 e. The summed E-state index contributed by atoms with van der Waals surface area (Å²) in [5.41, 5.74) is 1.27. The monoisotopic (exact) mass is 404 g/mol. The molecule has 1 aliphatic heterocycles. The zero-order valence-corrected chi connectivity index (χ0v) is 15.8. The molecule has 7 nitrogen and oxygen atoms in total. The molecule has 4 rings (SSSR count). The van der Waals surface area contributed by atoms with Gasteiger partial charge in [0.15, 0.2) is 5.76 Å². The second-order valence-electron chi connectivity index (χ2n) is 6.03. The molecule has 1 fully saturated rings. The molecule has 140 valence electrons. The summed E-state index contributed by atoms with van der Waals surface area (Å²) in [4.78, 5) is 13.3. The van der Waals surface area contributed by atoms with Crippen LogP contribution in [0.4, 0.5) is 5.69 Å². The van der Waals surface area contributed by atoms with E-state index in [0.717, 1.165) is 4.88 Å². The average molecular weight is 404 g/mol. The number of nitrogens with zero attached hydrogens (tertiary/aromatic N) is 2. The quantitative estimate of drug-likeness (QED) is 0.606. The van der Waals surface area contributed by atoms with Gasteiger partial charge >= 0.3 is 5.97 Å². The van der Waals surface area contributed by atoms with Crippen LogP contribution in [-0.4, -0.2) is 31.8 Å². The predicted molar refractivity (Wildman–Crippen MR) is 101 cm³/mol. The summed E-state index contributed by atoms with van der Waals surface area (Å²) in [5, 5.41) is 5.84. The molecule has 0 unspecified atom stereocenters. The number of thiophene rings is 1. The van der Waals surface area contributed by atoms with E-state index in [1.807, 2.05) is 17.5 Å². The standard InChI is InChI=1S/C18H16N2O5S2/c21-18(24-12-14-11-16(25-19-14)17-6-2-8-26-17)13-4-1-5-15(10-13)20-7-3-9-27(20,22)23/h1-2,4-6,8,10-11H,3,7,9,12H2. The van der Waals surface area contributed by atoms with E-state index in [1.165, 1.54) is 21.7 Å². The van der Waals surface area contributed by atoms with E-state index < -0.39 is 16.0 Å². The summed E-state index contributed by atoms with van der Waals surface area (Å²) in [7, 11) is -3.30. The smallest absolute Gasteiger partial charge is 0.338 e. The summed E-state index contributed by atoms with van der Waals surface area (Å²) in [6.45, 7) is 0.394. The van der Waals surface area contributed by atoms with Gasteiger partial charge in [0.2, 0.25) is 10.0 Å². The average Bonchev–Trinajstić information content (AvgIpc) is 3.40. The lowest BCUT2D eigenvalue weighted by Crippen LogP contribution is -2.25. The summed E-state index contributed by atoms with van der Waals surface area (Å²) >= 11 is 1.53. The van der Waals surface area contributed by atoms with Crippen molar-refractivity contribution in [3.8, 4) is 10.6 Å². The minimum absolute atomic E-state index is 0.0278. The first kappa shape index (κ1) is 17.7. The molecule has 0 saturated carbocycles. The van der Waals surface area contributed by atoms with Crippen LogP contribution in [0, 0.1) is 0 Å². The van der Waals surface area contributed by atoms with E-state index in [4.69, 9.17) is 9.26 Å². The number of esters is 1. The van der Waals surface area contributed by atoms with Crippen molar-refractivity contribution < 1.29 is 22.5 Å². The highest BCUT2D eigenvalue weighted by Gasteiger charge is 2.28. The van der Waals surface area contributed by atoms with Gasteiger partial charge in [-0.3, -0.25) is 4.31 Å². The molecular formula is C18H16N2O5S2. The van der Waals surface area contributed by atoms with Crippen LogP contribution in [0.15, 0.2) is 52.4 Å². The molecule has 0 radical (unpaired) electrons. The Kier molecular flexibility index (Phi) is 4.71. The van der Waals surface area contributed by atoms with Crippen LogP contribution in [0.5, 0.6) is 0 Å². The highest BCUT2D eigenvalue weighted by atomic mass is 32.2. The van der Waals surface area contributed by atoms with E-state index in [1.54, 1.807) is 24.3 Å². The van der Waals surface area contributed by atoms with Crippen molar-refractivity contribution in [2.24, 2.45) is 0 Å². The van der Waals surface area contributed by atoms with Crippen LogP contribution in [0.2, 0.25) is 0 Å². The lowest BCUT2D eigenvalue weighted by Gasteiger charge is -2.17. The first-order valence-corrected chi connectivity index (χ1v) is 10.8. The van der Waals surface area contributed by atoms with Gasteiger partial charge in [-0.05, 0) is 36.1 Å². The lowest BCUT2D eigenvalue weighted by atomic mass is 10.2. The van der Waals surface area contributed by atoms with Crippen molar-refractivity contribution in [2.45, 2.75) is 13.0 Å². The SMILES string of the molecule is O=C(OCc1cc(-c2cccs2)on1)c1cccc(N2CCCS2(=O)=O)c1. The maximum Gasteiger partial charge on any atom is 0.338 e. The third kappa shape index (κ3) is 3.74. The topological polar surface area (TPSA) is 89.7 Å². The molecular weight excluding hydrogens is 388 g/mol. The molecule has 0 N–H and O–H groups in total. The Morgan fingerprint density at radius 1 is 1.26 bits per heavy atom. The highest BCUT2D eigenvalue weighted by molar-refractivity contribution is 7.93. The summed E-state index contributed by atoms with van der Waals surface area (Å²) in [6.07, 6.45) is 0.579. The third-order valence-electron chi connectivity index (χ3n) is 4.14. The number of ether oxygens (including phenoxy) is 1. The van der Waals surface area contributed by atoms with Crippen molar-refractivity contribution in [1.29, 1.82) is 0 Å². The Hall–Kier alpha value is -2.65. The zero-order chi connectivity index (χ0) is 18.9. The maximum absolute atomic E-state index is 12.3. The number of sulfonamides is 1. The Bertz CT molecular complexity index is 1060.